The Hall–Kier alpha value is -3.79. The van der Waals surface area contributed by atoms with Gasteiger partial charge in [-0.1, -0.05) is 75.2 Å². The zero-order valence-electron chi connectivity index (χ0n) is 26.8. The highest BCUT2D eigenvalue weighted by atomic mass is 79.9. The van der Waals surface area contributed by atoms with Crippen LogP contribution in [-0.4, -0.2) is 38.2 Å². The molecule has 0 aliphatic carbocycles. The molecule has 10 nitrogen and oxygen atoms in total. The Morgan fingerprint density at radius 1 is 0.800 bits per heavy atom. The van der Waals surface area contributed by atoms with Crippen LogP contribution in [0.5, 0.6) is 5.75 Å². The van der Waals surface area contributed by atoms with Crippen LogP contribution in [0, 0.1) is 0 Å². The molecule has 2 heterocycles. The maximum absolute atomic E-state index is 12.2. The highest BCUT2D eigenvalue weighted by molar-refractivity contribution is 9.10. The average molecular weight is 846 g/mol. The lowest BCUT2D eigenvalue weighted by Crippen LogP contribution is -2.39. The van der Waals surface area contributed by atoms with E-state index < -0.39 is 26.1 Å². The van der Waals surface area contributed by atoms with Gasteiger partial charge in [0.15, 0.2) is 5.75 Å². The van der Waals surface area contributed by atoms with Crippen molar-refractivity contribution in [1.29, 1.82) is 0 Å². The highest BCUT2D eigenvalue weighted by Crippen LogP contribution is 2.42. The molecular formula is C36H33Br2N2O8S2+. The number of anilines is 1. The topological polar surface area (TPSA) is 138 Å². The fourth-order valence-corrected chi connectivity index (χ4v) is 7.40. The standard InChI is InChI=1S/C36H32Br2N2O8S2/c1-2-24(20-36-40(23-50(44,45)46)32-22-28(10-16-34(32)48-36)26-7-13-30(38)14-8-26)19-35-39(17-3-4-18-49(41,42)43)31-21-27(9-15-33(31)47-35)25-5-11-29(37)12-6-25/h5-16,19-22H,2-4,17-18,23H2,1H3,(H-,41,42,43,44,45,46)/p+1. The van der Waals surface area contributed by atoms with Gasteiger partial charge in [0.25, 0.3) is 21.5 Å². The van der Waals surface area contributed by atoms with Crippen LogP contribution >= 0.6 is 31.9 Å². The number of benzene rings is 4. The van der Waals surface area contributed by atoms with Crippen molar-refractivity contribution in [2.24, 2.45) is 0 Å². The fraction of sp³-hybridized carbons (Fsp3) is 0.194. The summed E-state index contributed by atoms with van der Waals surface area (Å²) in [5.74, 6) is 0.253. The molecule has 0 spiro atoms. The molecular weight excluding hydrogens is 812 g/mol. The Balaban J connectivity index is 1.39. The first-order valence-electron chi connectivity index (χ1n) is 15.7. The minimum Gasteiger partial charge on any atom is -0.439 e. The van der Waals surface area contributed by atoms with Crippen molar-refractivity contribution < 1.29 is 39.7 Å². The number of ether oxygens (including phenoxy) is 1. The number of rotatable bonds is 12. The predicted molar refractivity (Wildman–Crippen MR) is 201 cm³/mol. The molecule has 5 aromatic rings. The van der Waals surface area contributed by atoms with E-state index in [9.17, 15) is 25.9 Å². The molecule has 0 unspecified atom stereocenters. The van der Waals surface area contributed by atoms with E-state index in [-0.39, 0.29) is 18.1 Å². The van der Waals surface area contributed by atoms with E-state index in [0.717, 1.165) is 42.5 Å². The van der Waals surface area contributed by atoms with Crippen LogP contribution in [0.1, 0.15) is 32.1 Å². The molecule has 4 aromatic carbocycles. The summed E-state index contributed by atoms with van der Waals surface area (Å²) in [5.41, 5.74) is 6.19. The number of fused-ring (bicyclic) bond motifs is 2. The van der Waals surface area contributed by atoms with Gasteiger partial charge in [-0.25, -0.2) is 0 Å². The summed E-state index contributed by atoms with van der Waals surface area (Å²) in [6, 6.07) is 27.0. The average Bonchev–Trinajstić information content (AvgIpc) is 3.57. The Morgan fingerprint density at radius 2 is 1.40 bits per heavy atom. The number of hydrogen-bond donors (Lipinski definition) is 2. The van der Waals surface area contributed by atoms with Crippen LogP contribution < -0.4 is 14.2 Å². The van der Waals surface area contributed by atoms with Crippen molar-refractivity contribution in [2.75, 3.05) is 17.2 Å². The summed E-state index contributed by atoms with van der Waals surface area (Å²) >= 11 is 6.92. The van der Waals surface area contributed by atoms with Crippen molar-refractivity contribution in [1.82, 2.24) is 0 Å². The highest BCUT2D eigenvalue weighted by Gasteiger charge is 2.29. The van der Waals surface area contributed by atoms with E-state index in [1.165, 1.54) is 4.57 Å². The number of aromatic nitrogens is 1. The number of halogens is 2. The van der Waals surface area contributed by atoms with Crippen molar-refractivity contribution in [3.8, 4) is 28.0 Å². The SMILES string of the molecule is CCC(=Cc1oc2ccc(-c3ccc(Br)cc3)cc2[n+]1CS(=O)(=O)O)C=C1Oc2ccc(-c3ccc(Br)cc3)cc2N1CCCCS(=O)(=O)O. The molecule has 0 fully saturated rings. The summed E-state index contributed by atoms with van der Waals surface area (Å²) < 4.78 is 82.1. The lowest BCUT2D eigenvalue weighted by molar-refractivity contribution is -0.658. The first-order chi connectivity index (χ1) is 23.8. The lowest BCUT2D eigenvalue weighted by atomic mass is 10.0. The normalized spacial score (nSPS) is 14.4. The van der Waals surface area contributed by atoms with Crippen molar-refractivity contribution in [3.63, 3.8) is 0 Å². The minimum atomic E-state index is -4.45. The van der Waals surface area contributed by atoms with Gasteiger partial charge in [0, 0.05) is 27.6 Å². The quantitative estimate of drug-likeness (QED) is 0.0718. The van der Waals surface area contributed by atoms with Gasteiger partial charge in [0.1, 0.15) is 0 Å². The van der Waals surface area contributed by atoms with Gasteiger partial charge in [-0.05, 0) is 89.6 Å². The second kappa shape index (κ2) is 14.8. The molecule has 2 N–H and O–H groups in total. The van der Waals surface area contributed by atoms with Gasteiger partial charge in [-0.2, -0.15) is 16.8 Å². The molecule has 1 aromatic heterocycles. The summed E-state index contributed by atoms with van der Waals surface area (Å²) in [6.45, 7) is 2.34. The van der Waals surface area contributed by atoms with Crippen LogP contribution in [0.25, 0.3) is 39.4 Å². The second-order valence-corrected chi connectivity index (χ2v) is 16.6. The molecule has 50 heavy (non-hydrogen) atoms. The van der Waals surface area contributed by atoms with Crippen LogP contribution in [-0.2, 0) is 26.1 Å². The van der Waals surface area contributed by atoms with E-state index in [1.807, 2.05) is 96.8 Å². The Labute approximate surface area is 307 Å². The molecule has 0 saturated heterocycles. The monoisotopic (exact) mass is 843 g/mol. The van der Waals surface area contributed by atoms with Gasteiger partial charge in [0.05, 0.1) is 17.5 Å². The van der Waals surface area contributed by atoms with Crippen LogP contribution in [0.15, 0.2) is 116 Å². The summed E-state index contributed by atoms with van der Waals surface area (Å²) in [7, 11) is -8.55. The summed E-state index contributed by atoms with van der Waals surface area (Å²) in [5, 5.41) is 0. The largest absolute Gasteiger partial charge is 0.439 e. The number of unbranched alkanes of at least 4 members (excludes halogenated alkanes) is 1. The van der Waals surface area contributed by atoms with E-state index in [2.05, 4.69) is 31.9 Å². The summed E-state index contributed by atoms with van der Waals surface area (Å²) in [6.07, 6.45) is 4.76. The predicted octanol–water partition coefficient (Wildman–Crippen LogP) is 8.63. The molecule has 1 aliphatic heterocycles. The fourth-order valence-electron chi connectivity index (χ4n) is 5.71. The van der Waals surface area contributed by atoms with Crippen LogP contribution in [0.4, 0.5) is 5.69 Å². The smallest absolute Gasteiger partial charge is 0.375 e. The Morgan fingerprint density at radius 3 is 2.00 bits per heavy atom. The summed E-state index contributed by atoms with van der Waals surface area (Å²) in [4.78, 5) is 1.96. The molecule has 0 bridgehead atoms. The second-order valence-electron chi connectivity index (χ2n) is 11.8. The van der Waals surface area contributed by atoms with Crippen LogP contribution in [0.2, 0.25) is 0 Å². The lowest BCUT2D eigenvalue weighted by Gasteiger charge is -2.19. The van der Waals surface area contributed by atoms with E-state index in [4.69, 9.17) is 9.15 Å². The van der Waals surface area contributed by atoms with Crippen molar-refractivity contribution >= 4 is 75.0 Å². The maximum atomic E-state index is 12.2. The van der Waals surface area contributed by atoms with Gasteiger partial charge in [-0.15, -0.1) is 4.57 Å². The zero-order valence-corrected chi connectivity index (χ0v) is 31.6. The Kier molecular flexibility index (Phi) is 10.7. The number of oxazole rings is 1. The van der Waals surface area contributed by atoms with Crippen LogP contribution in [0.3, 0.4) is 0 Å². The number of nitrogens with zero attached hydrogens (tertiary/aromatic N) is 2. The Bertz CT molecular complexity index is 2340. The zero-order chi connectivity index (χ0) is 35.6. The molecule has 0 atom stereocenters. The minimum absolute atomic E-state index is 0.215. The van der Waals surface area contributed by atoms with Gasteiger partial charge in [-0.3, -0.25) is 9.11 Å². The molecule has 0 amide bonds. The molecule has 1 aliphatic rings. The first-order valence-corrected chi connectivity index (χ1v) is 20.5. The van der Waals surface area contributed by atoms with E-state index >= 15 is 0 Å². The third-order valence-corrected chi connectivity index (χ3v) is 10.6. The molecule has 0 saturated carbocycles. The third kappa shape index (κ3) is 8.74. The van der Waals surface area contributed by atoms with Gasteiger partial charge < -0.3 is 14.1 Å². The maximum Gasteiger partial charge on any atom is 0.375 e. The molecule has 6 rings (SSSR count). The van der Waals surface area contributed by atoms with Gasteiger partial charge >= 0.3 is 16.0 Å². The molecule has 0 radical (unpaired) electrons. The first kappa shape index (κ1) is 36.0. The van der Waals surface area contributed by atoms with Crippen molar-refractivity contribution in [3.05, 3.63) is 117 Å². The van der Waals surface area contributed by atoms with Crippen molar-refractivity contribution in [2.45, 2.75) is 32.1 Å². The number of hydrogen-bond acceptors (Lipinski definition) is 7. The van der Waals surface area contributed by atoms with Gasteiger partial charge in [0.2, 0.25) is 11.5 Å². The number of allylic oxidation sites excluding steroid dienone is 2. The van der Waals surface area contributed by atoms with E-state index in [1.54, 1.807) is 12.1 Å². The van der Waals surface area contributed by atoms with E-state index in [0.29, 0.717) is 42.1 Å². The molecule has 14 heteroatoms. The third-order valence-electron chi connectivity index (χ3n) is 8.17. The molecule has 260 valence electrons.